The molecule has 0 bridgehead atoms. The minimum Gasteiger partial charge on any atom is -0.435 e. The average Bonchev–Trinajstić information content (AvgIpc) is 2.54. The molecule has 0 aliphatic heterocycles. The van der Waals surface area contributed by atoms with Crippen molar-refractivity contribution in [1.29, 1.82) is 0 Å². The van der Waals surface area contributed by atoms with E-state index in [1.807, 2.05) is 26.1 Å². The second-order valence-corrected chi connectivity index (χ2v) is 6.53. The third-order valence-corrected chi connectivity index (χ3v) is 4.71. The Hall–Kier alpha value is -2.08. The van der Waals surface area contributed by atoms with Crippen LogP contribution in [0.25, 0.3) is 0 Å². The number of fused-ring (bicyclic) bond motifs is 1. The lowest BCUT2D eigenvalue weighted by Gasteiger charge is -2.30. The predicted molar refractivity (Wildman–Crippen MR) is 91.8 cm³/mol. The molecule has 0 radical (unpaired) electrons. The summed E-state index contributed by atoms with van der Waals surface area (Å²) in [5, 5.41) is 3.64. The van der Waals surface area contributed by atoms with Crippen LogP contribution in [-0.2, 0) is 6.42 Å². The van der Waals surface area contributed by atoms with Crippen molar-refractivity contribution >= 4 is 0 Å². The SMILES string of the molecule is Cc1ncc([C@@H](C)N[C@H]2CCCc3cc(OC(F)F)ccc32)c(C)n1. The summed E-state index contributed by atoms with van der Waals surface area (Å²) in [5.74, 6) is 0.994. The molecule has 1 N–H and O–H groups in total. The molecule has 1 aromatic carbocycles. The lowest BCUT2D eigenvalue weighted by molar-refractivity contribution is -0.0499. The highest BCUT2D eigenvalue weighted by Gasteiger charge is 2.23. The number of aryl methyl sites for hydroxylation is 3. The summed E-state index contributed by atoms with van der Waals surface area (Å²) >= 11 is 0. The van der Waals surface area contributed by atoms with E-state index in [-0.39, 0.29) is 17.8 Å². The van der Waals surface area contributed by atoms with Gasteiger partial charge in [-0.3, -0.25) is 0 Å². The van der Waals surface area contributed by atoms with E-state index in [1.54, 1.807) is 12.1 Å². The maximum absolute atomic E-state index is 12.4. The molecule has 0 saturated carbocycles. The highest BCUT2D eigenvalue weighted by molar-refractivity contribution is 5.39. The van der Waals surface area contributed by atoms with Gasteiger partial charge in [0.05, 0.1) is 0 Å². The van der Waals surface area contributed by atoms with E-state index < -0.39 is 6.61 Å². The monoisotopic (exact) mass is 347 g/mol. The molecule has 0 spiro atoms. The summed E-state index contributed by atoms with van der Waals surface area (Å²) in [7, 11) is 0. The van der Waals surface area contributed by atoms with Gasteiger partial charge in [0, 0.05) is 29.5 Å². The summed E-state index contributed by atoms with van der Waals surface area (Å²) in [6.45, 7) is 3.18. The molecule has 25 heavy (non-hydrogen) atoms. The van der Waals surface area contributed by atoms with Crippen LogP contribution in [0.2, 0.25) is 0 Å². The lowest BCUT2D eigenvalue weighted by Crippen LogP contribution is -2.28. The van der Waals surface area contributed by atoms with Crippen LogP contribution in [0, 0.1) is 13.8 Å². The van der Waals surface area contributed by atoms with Gasteiger partial charge < -0.3 is 10.1 Å². The van der Waals surface area contributed by atoms with Crippen molar-refractivity contribution in [3.05, 3.63) is 52.6 Å². The molecule has 0 amide bonds. The molecule has 1 aliphatic rings. The Morgan fingerprint density at radius 3 is 2.80 bits per heavy atom. The van der Waals surface area contributed by atoms with E-state index in [0.29, 0.717) is 0 Å². The molecule has 0 saturated heterocycles. The van der Waals surface area contributed by atoms with Gasteiger partial charge in [-0.2, -0.15) is 8.78 Å². The largest absolute Gasteiger partial charge is 0.435 e. The molecule has 2 atom stereocenters. The predicted octanol–water partition coefficient (Wildman–Crippen LogP) is 4.42. The molecular formula is C19H23F2N3O. The van der Waals surface area contributed by atoms with Crippen LogP contribution < -0.4 is 10.1 Å². The summed E-state index contributed by atoms with van der Waals surface area (Å²) in [6.07, 6.45) is 4.78. The molecule has 0 unspecified atom stereocenters. The first-order valence-electron chi connectivity index (χ1n) is 8.58. The smallest absolute Gasteiger partial charge is 0.387 e. The maximum atomic E-state index is 12.4. The number of rotatable bonds is 5. The maximum Gasteiger partial charge on any atom is 0.387 e. The second-order valence-electron chi connectivity index (χ2n) is 6.53. The van der Waals surface area contributed by atoms with Crippen molar-refractivity contribution in [3.8, 4) is 5.75 Å². The van der Waals surface area contributed by atoms with E-state index in [2.05, 4.69) is 26.9 Å². The Kier molecular flexibility index (Phi) is 5.27. The number of halogens is 2. The molecular weight excluding hydrogens is 324 g/mol. The lowest BCUT2D eigenvalue weighted by atomic mass is 9.87. The molecule has 2 aromatic rings. The molecule has 1 aliphatic carbocycles. The number of hydrogen-bond donors (Lipinski definition) is 1. The quantitative estimate of drug-likeness (QED) is 0.869. The van der Waals surface area contributed by atoms with E-state index in [1.165, 1.54) is 0 Å². The van der Waals surface area contributed by atoms with Crippen molar-refractivity contribution in [2.75, 3.05) is 0 Å². The highest BCUT2D eigenvalue weighted by Crippen LogP contribution is 2.34. The van der Waals surface area contributed by atoms with Crippen molar-refractivity contribution in [1.82, 2.24) is 15.3 Å². The summed E-state index contributed by atoms with van der Waals surface area (Å²) in [5.41, 5.74) is 4.29. The topological polar surface area (TPSA) is 47.0 Å². The van der Waals surface area contributed by atoms with Gasteiger partial charge in [-0.25, -0.2) is 9.97 Å². The molecule has 3 rings (SSSR count). The zero-order valence-corrected chi connectivity index (χ0v) is 14.7. The number of ether oxygens (including phenoxy) is 1. The van der Waals surface area contributed by atoms with Crippen LogP contribution in [0.15, 0.2) is 24.4 Å². The zero-order chi connectivity index (χ0) is 18.0. The van der Waals surface area contributed by atoms with Crippen LogP contribution in [0.4, 0.5) is 8.78 Å². The highest BCUT2D eigenvalue weighted by atomic mass is 19.3. The summed E-state index contributed by atoms with van der Waals surface area (Å²) in [4.78, 5) is 8.73. The van der Waals surface area contributed by atoms with E-state index in [9.17, 15) is 8.78 Å². The van der Waals surface area contributed by atoms with Crippen LogP contribution in [0.1, 0.15) is 60.1 Å². The van der Waals surface area contributed by atoms with Gasteiger partial charge in [0.15, 0.2) is 0 Å². The molecule has 1 aromatic heterocycles. The molecule has 6 heteroatoms. The number of nitrogens with one attached hydrogen (secondary N) is 1. The Labute approximate surface area is 146 Å². The molecule has 134 valence electrons. The standard InChI is InChI=1S/C19H23F2N3O/c1-11-17(10-22-13(3)23-11)12(2)24-18-6-4-5-14-9-15(25-19(20)21)7-8-16(14)18/h7-10,12,18-19,24H,4-6H2,1-3H3/t12-,18+/m1/s1. The fourth-order valence-electron chi connectivity index (χ4n) is 3.55. The third kappa shape index (κ3) is 4.12. The van der Waals surface area contributed by atoms with Gasteiger partial charge in [0.2, 0.25) is 0 Å². The first-order chi connectivity index (χ1) is 11.9. The zero-order valence-electron chi connectivity index (χ0n) is 14.7. The fourth-order valence-corrected chi connectivity index (χ4v) is 3.55. The number of benzene rings is 1. The van der Waals surface area contributed by atoms with E-state index in [0.717, 1.165) is 47.5 Å². The second kappa shape index (κ2) is 7.44. The minimum atomic E-state index is -2.79. The number of hydrogen-bond acceptors (Lipinski definition) is 4. The van der Waals surface area contributed by atoms with Crippen molar-refractivity contribution in [2.45, 2.75) is 58.7 Å². The van der Waals surface area contributed by atoms with E-state index in [4.69, 9.17) is 0 Å². The fraction of sp³-hybridized carbons (Fsp3) is 0.474. The molecule has 0 fully saturated rings. The van der Waals surface area contributed by atoms with Gasteiger partial charge in [-0.05, 0) is 63.3 Å². The van der Waals surface area contributed by atoms with Gasteiger partial charge in [-0.1, -0.05) is 6.07 Å². The number of alkyl halides is 2. The third-order valence-electron chi connectivity index (χ3n) is 4.71. The average molecular weight is 347 g/mol. The van der Waals surface area contributed by atoms with Gasteiger partial charge in [-0.15, -0.1) is 0 Å². The Morgan fingerprint density at radius 2 is 2.08 bits per heavy atom. The van der Waals surface area contributed by atoms with Crippen molar-refractivity contribution in [3.63, 3.8) is 0 Å². The van der Waals surface area contributed by atoms with Crippen LogP contribution >= 0.6 is 0 Å². The van der Waals surface area contributed by atoms with Gasteiger partial charge in [0.1, 0.15) is 11.6 Å². The first kappa shape index (κ1) is 17.7. The normalized spacial score (nSPS) is 18.1. The molecule has 1 heterocycles. The Bertz CT molecular complexity index is 751. The number of nitrogens with zero attached hydrogens (tertiary/aromatic N) is 2. The van der Waals surface area contributed by atoms with E-state index >= 15 is 0 Å². The number of aromatic nitrogens is 2. The van der Waals surface area contributed by atoms with Crippen LogP contribution in [0.5, 0.6) is 5.75 Å². The Morgan fingerprint density at radius 1 is 1.28 bits per heavy atom. The van der Waals surface area contributed by atoms with Gasteiger partial charge in [0.25, 0.3) is 0 Å². The van der Waals surface area contributed by atoms with Crippen molar-refractivity contribution in [2.24, 2.45) is 0 Å². The summed E-state index contributed by atoms with van der Waals surface area (Å²) in [6, 6.07) is 5.54. The minimum absolute atomic E-state index is 0.105. The Balaban J connectivity index is 1.78. The summed E-state index contributed by atoms with van der Waals surface area (Å²) < 4.78 is 29.3. The van der Waals surface area contributed by atoms with Crippen LogP contribution in [0.3, 0.4) is 0 Å². The molecule has 4 nitrogen and oxygen atoms in total. The van der Waals surface area contributed by atoms with Crippen molar-refractivity contribution < 1.29 is 13.5 Å². The van der Waals surface area contributed by atoms with Gasteiger partial charge >= 0.3 is 6.61 Å². The first-order valence-corrected chi connectivity index (χ1v) is 8.58. The van der Waals surface area contributed by atoms with Crippen LogP contribution in [-0.4, -0.2) is 16.6 Å².